The molecule has 0 saturated heterocycles. The summed E-state index contributed by atoms with van der Waals surface area (Å²) >= 11 is 1.38. The van der Waals surface area contributed by atoms with Crippen molar-refractivity contribution >= 4 is 40.2 Å². The molecule has 2 heterocycles. The minimum Gasteiger partial charge on any atom is -0.368 e. The topological polar surface area (TPSA) is 112 Å². The minimum atomic E-state index is -0.231. The Labute approximate surface area is 183 Å². The van der Waals surface area contributed by atoms with E-state index in [0.717, 1.165) is 5.69 Å². The van der Waals surface area contributed by atoms with Crippen molar-refractivity contribution in [2.45, 2.75) is 23.9 Å². The number of hydrogen-bond acceptors (Lipinski definition) is 8. The summed E-state index contributed by atoms with van der Waals surface area (Å²) in [5, 5.41) is 4.03. The van der Waals surface area contributed by atoms with Crippen LogP contribution in [-0.2, 0) is 6.54 Å². The molecule has 156 valence electrons. The predicted molar refractivity (Wildman–Crippen MR) is 124 cm³/mol. The van der Waals surface area contributed by atoms with Crippen LogP contribution in [0, 0.1) is 0 Å². The molecule has 8 nitrogen and oxygen atoms in total. The van der Waals surface area contributed by atoms with Crippen molar-refractivity contribution < 1.29 is 0 Å². The molecule has 9 heteroatoms. The van der Waals surface area contributed by atoms with Gasteiger partial charge in [-0.15, -0.1) is 6.58 Å². The molecule has 0 amide bonds. The van der Waals surface area contributed by atoms with Crippen LogP contribution in [0.5, 0.6) is 0 Å². The molecule has 2 aromatic heterocycles. The van der Waals surface area contributed by atoms with Gasteiger partial charge >= 0.3 is 0 Å². The summed E-state index contributed by atoms with van der Waals surface area (Å²) in [6, 6.07) is 16.9. The van der Waals surface area contributed by atoms with Gasteiger partial charge in [-0.25, -0.2) is 4.98 Å². The lowest BCUT2D eigenvalue weighted by Crippen LogP contribution is -2.23. The highest BCUT2D eigenvalue weighted by Gasteiger charge is 2.18. The Kier molecular flexibility index (Phi) is 5.94. The van der Waals surface area contributed by atoms with Gasteiger partial charge in [0.05, 0.1) is 16.2 Å². The Bertz CT molecular complexity index is 1290. The van der Waals surface area contributed by atoms with E-state index in [0.29, 0.717) is 34.4 Å². The molecule has 0 aliphatic rings. The van der Waals surface area contributed by atoms with Gasteiger partial charge in [0.15, 0.2) is 5.16 Å². The molecule has 0 unspecified atom stereocenters. The zero-order valence-corrected chi connectivity index (χ0v) is 17.7. The van der Waals surface area contributed by atoms with Crippen LogP contribution in [0.25, 0.3) is 10.9 Å². The fourth-order valence-corrected chi connectivity index (χ4v) is 4.00. The first-order valence-electron chi connectivity index (χ1n) is 9.66. The average Bonchev–Trinajstić information content (AvgIpc) is 2.77. The molecule has 0 aliphatic heterocycles. The van der Waals surface area contributed by atoms with E-state index in [9.17, 15) is 4.79 Å². The Balaban J connectivity index is 1.67. The molecule has 2 aromatic carbocycles. The van der Waals surface area contributed by atoms with Crippen molar-refractivity contribution in [1.29, 1.82) is 0 Å². The lowest BCUT2D eigenvalue weighted by atomic mass is 10.2. The molecule has 1 atom stereocenters. The van der Waals surface area contributed by atoms with Gasteiger partial charge in [-0.2, -0.15) is 15.0 Å². The van der Waals surface area contributed by atoms with Crippen LogP contribution in [-0.4, -0.2) is 24.5 Å². The van der Waals surface area contributed by atoms with E-state index in [1.807, 2.05) is 55.5 Å². The van der Waals surface area contributed by atoms with Crippen LogP contribution in [0.2, 0.25) is 0 Å². The lowest BCUT2D eigenvalue weighted by Gasteiger charge is -2.15. The predicted octanol–water partition coefficient (Wildman–Crippen LogP) is 3.95. The van der Waals surface area contributed by atoms with Gasteiger partial charge in [0, 0.05) is 12.2 Å². The molecule has 0 radical (unpaired) electrons. The third kappa shape index (κ3) is 4.56. The second-order valence-corrected chi connectivity index (χ2v) is 8.05. The summed E-state index contributed by atoms with van der Waals surface area (Å²) in [4.78, 5) is 30.6. The molecule has 31 heavy (non-hydrogen) atoms. The smallest absolute Gasteiger partial charge is 0.262 e. The number of anilines is 3. The Hall–Kier alpha value is -3.72. The SMILES string of the molecule is C=CCn1c(S[C@H](C)c2nc(N)nc(Nc3ccccc3)n2)nc2ccccc2c1=O. The highest BCUT2D eigenvalue weighted by Crippen LogP contribution is 2.32. The van der Waals surface area contributed by atoms with Gasteiger partial charge in [-0.3, -0.25) is 9.36 Å². The summed E-state index contributed by atoms with van der Waals surface area (Å²) in [6.07, 6.45) is 1.68. The highest BCUT2D eigenvalue weighted by atomic mass is 32.2. The average molecular weight is 432 g/mol. The molecule has 0 aliphatic carbocycles. The Morgan fingerprint density at radius 3 is 2.61 bits per heavy atom. The number of para-hydroxylation sites is 2. The second kappa shape index (κ2) is 8.97. The maximum absolute atomic E-state index is 13.0. The second-order valence-electron chi connectivity index (χ2n) is 6.74. The van der Waals surface area contributed by atoms with Gasteiger partial charge in [-0.05, 0) is 31.2 Å². The lowest BCUT2D eigenvalue weighted by molar-refractivity contribution is 0.669. The third-order valence-corrected chi connectivity index (χ3v) is 5.57. The van der Waals surface area contributed by atoms with Gasteiger partial charge in [0.25, 0.3) is 5.56 Å². The van der Waals surface area contributed by atoms with E-state index in [-0.39, 0.29) is 16.8 Å². The van der Waals surface area contributed by atoms with Gasteiger partial charge in [0.2, 0.25) is 11.9 Å². The fraction of sp³-hybridized carbons (Fsp3) is 0.136. The number of hydrogen-bond donors (Lipinski definition) is 2. The van der Waals surface area contributed by atoms with Crippen LogP contribution in [0.4, 0.5) is 17.6 Å². The zero-order chi connectivity index (χ0) is 21.8. The fourth-order valence-electron chi connectivity index (χ4n) is 3.04. The molecule has 4 aromatic rings. The van der Waals surface area contributed by atoms with Crippen LogP contribution in [0.3, 0.4) is 0 Å². The van der Waals surface area contributed by atoms with Crippen molar-refractivity contribution in [1.82, 2.24) is 24.5 Å². The summed E-state index contributed by atoms with van der Waals surface area (Å²) < 4.78 is 1.60. The van der Waals surface area contributed by atoms with E-state index in [1.165, 1.54) is 11.8 Å². The number of thioether (sulfide) groups is 1. The Morgan fingerprint density at radius 2 is 1.84 bits per heavy atom. The highest BCUT2D eigenvalue weighted by molar-refractivity contribution is 7.99. The number of fused-ring (bicyclic) bond motifs is 1. The van der Waals surface area contributed by atoms with Gasteiger partial charge < -0.3 is 11.1 Å². The van der Waals surface area contributed by atoms with Crippen molar-refractivity contribution in [3.8, 4) is 0 Å². The minimum absolute atomic E-state index is 0.109. The number of nitrogens with two attached hydrogens (primary N) is 1. The first-order valence-corrected chi connectivity index (χ1v) is 10.5. The van der Waals surface area contributed by atoms with E-state index < -0.39 is 0 Å². The monoisotopic (exact) mass is 431 g/mol. The number of nitrogens with zero attached hydrogens (tertiary/aromatic N) is 5. The summed E-state index contributed by atoms with van der Waals surface area (Å²) in [5.41, 5.74) is 7.30. The zero-order valence-electron chi connectivity index (χ0n) is 16.9. The first kappa shape index (κ1) is 20.5. The molecule has 4 rings (SSSR count). The first-order chi connectivity index (χ1) is 15.0. The largest absolute Gasteiger partial charge is 0.368 e. The van der Waals surface area contributed by atoms with Crippen LogP contribution >= 0.6 is 11.8 Å². The molecule has 0 fully saturated rings. The van der Waals surface area contributed by atoms with Crippen molar-refractivity contribution in [3.63, 3.8) is 0 Å². The molecule has 3 N–H and O–H groups in total. The number of allylic oxidation sites excluding steroid dienone is 1. The van der Waals surface area contributed by atoms with Crippen LogP contribution < -0.4 is 16.6 Å². The molecular formula is C22H21N7OS. The summed E-state index contributed by atoms with van der Waals surface area (Å²) in [5.74, 6) is 0.963. The van der Waals surface area contributed by atoms with Crippen molar-refractivity contribution in [2.24, 2.45) is 0 Å². The van der Waals surface area contributed by atoms with Crippen molar-refractivity contribution in [2.75, 3.05) is 11.1 Å². The third-order valence-electron chi connectivity index (χ3n) is 4.48. The molecular weight excluding hydrogens is 410 g/mol. The van der Waals surface area contributed by atoms with Gasteiger partial charge in [0.1, 0.15) is 5.82 Å². The number of benzene rings is 2. The maximum atomic E-state index is 13.0. The van der Waals surface area contributed by atoms with E-state index in [1.54, 1.807) is 16.7 Å². The van der Waals surface area contributed by atoms with Gasteiger partial charge in [-0.1, -0.05) is 48.2 Å². The summed E-state index contributed by atoms with van der Waals surface area (Å²) in [6.45, 7) is 6.05. The van der Waals surface area contributed by atoms with Crippen molar-refractivity contribution in [3.05, 3.63) is 83.4 Å². The maximum Gasteiger partial charge on any atom is 0.262 e. The standard InChI is InChI=1S/C22H21N7OS/c1-3-13-29-19(30)16-11-7-8-12-17(16)25-22(29)31-14(2)18-26-20(23)28-21(27-18)24-15-9-5-4-6-10-15/h3-12,14H,1,13H2,2H3,(H3,23,24,26,27,28)/t14-/m1/s1. The van der Waals surface area contributed by atoms with Crippen LogP contribution in [0.15, 0.2) is 77.2 Å². The van der Waals surface area contributed by atoms with E-state index in [2.05, 4.69) is 26.8 Å². The molecule has 0 bridgehead atoms. The quantitative estimate of drug-likeness (QED) is 0.257. The summed E-state index contributed by atoms with van der Waals surface area (Å²) in [7, 11) is 0. The van der Waals surface area contributed by atoms with E-state index >= 15 is 0 Å². The number of nitrogen functional groups attached to an aromatic ring is 1. The van der Waals surface area contributed by atoms with Crippen LogP contribution in [0.1, 0.15) is 18.0 Å². The number of rotatable bonds is 7. The Morgan fingerprint density at radius 1 is 1.10 bits per heavy atom. The normalized spacial score (nSPS) is 11.9. The molecule has 0 saturated carbocycles. The molecule has 0 spiro atoms. The van der Waals surface area contributed by atoms with E-state index in [4.69, 9.17) is 10.7 Å². The number of nitrogens with one attached hydrogen (secondary N) is 1. The number of aromatic nitrogens is 5.